The first-order chi connectivity index (χ1) is 9.61. The van der Waals surface area contributed by atoms with E-state index in [1.807, 2.05) is 0 Å². The van der Waals surface area contributed by atoms with Gasteiger partial charge in [-0.3, -0.25) is 0 Å². The zero-order chi connectivity index (χ0) is 13.9. The van der Waals surface area contributed by atoms with Crippen molar-refractivity contribution in [1.29, 1.82) is 0 Å². The fourth-order valence-corrected chi connectivity index (χ4v) is 5.08. The van der Waals surface area contributed by atoms with E-state index >= 15 is 0 Å². The third kappa shape index (κ3) is 1.72. The third-order valence-electron chi connectivity index (χ3n) is 5.59. The van der Waals surface area contributed by atoms with Gasteiger partial charge < -0.3 is 10.8 Å². The minimum Gasteiger partial charge on any atom is -0.477 e. The van der Waals surface area contributed by atoms with E-state index in [4.69, 9.17) is 10.8 Å². The second-order valence-electron chi connectivity index (χ2n) is 6.79. The Morgan fingerprint density at radius 2 is 1.75 bits per heavy atom. The topological polar surface area (TPSA) is 89.1 Å². The van der Waals surface area contributed by atoms with Crippen molar-refractivity contribution >= 4 is 11.8 Å². The monoisotopic (exact) mass is 273 g/mol. The molecule has 0 radical (unpaired) electrons. The summed E-state index contributed by atoms with van der Waals surface area (Å²) in [6, 6.07) is 0. The van der Waals surface area contributed by atoms with Gasteiger partial charge in [-0.05, 0) is 55.8 Å². The van der Waals surface area contributed by atoms with Crippen molar-refractivity contribution in [3.05, 3.63) is 17.6 Å². The van der Waals surface area contributed by atoms with Crippen molar-refractivity contribution < 1.29 is 9.90 Å². The number of nitrogens with two attached hydrogens (primary N) is 1. The van der Waals surface area contributed by atoms with Crippen LogP contribution in [0, 0.1) is 23.7 Å². The highest BCUT2D eigenvalue weighted by atomic mass is 16.4. The third-order valence-corrected chi connectivity index (χ3v) is 5.59. The van der Waals surface area contributed by atoms with Gasteiger partial charge in [0.1, 0.15) is 17.2 Å². The van der Waals surface area contributed by atoms with Crippen LogP contribution in [-0.2, 0) is 0 Å². The van der Waals surface area contributed by atoms with Crippen LogP contribution in [0.2, 0.25) is 0 Å². The number of aromatic carboxylic acids is 1. The second kappa shape index (κ2) is 4.17. The van der Waals surface area contributed by atoms with Crippen molar-refractivity contribution in [3.63, 3.8) is 0 Å². The summed E-state index contributed by atoms with van der Waals surface area (Å²) in [4.78, 5) is 19.7. The molecule has 4 aliphatic carbocycles. The van der Waals surface area contributed by atoms with Gasteiger partial charge in [0, 0.05) is 12.1 Å². The molecule has 4 aliphatic rings. The minimum absolute atomic E-state index is 0.0116. The number of rotatable bonds is 2. The second-order valence-corrected chi connectivity index (χ2v) is 6.79. The van der Waals surface area contributed by atoms with Gasteiger partial charge in [0.15, 0.2) is 0 Å². The molecule has 0 saturated heterocycles. The van der Waals surface area contributed by atoms with Gasteiger partial charge in [0.25, 0.3) is 0 Å². The molecule has 5 heteroatoms. The molecule has 0 aromatic carbocycles. The summed E-state index contributed by atoms with van der Waals surface area (Å²) in [5, 5.41) is 9.01. The van der Waals surface area contributed by atoms with Gasteiger partial charge in [-0.2, -0.15) is 0 Å². The summed E-state index contributed by atoms with van der Waals surface area (Å²) in [6.07, 6.45) is 7.97. The Morgan fingerprint density at radius 1 is 1.15 bits per heavy atom. The first-order valence-corrected chi connectivity index (χ1v) is 7.47. The number of carboxylic acids is 1. The standard InChI is InChI=1S/C15H19N3O2/c16-13-11(15(19)20)6-17-14(18-13)12-9-2-7-1-8(4-9)5-10(12)3-7/h6-10,12H,1-5H2,(H,19,20)(H2,16,17,18). The van der Waals surface area contributed by atoms with Crippen molar-refractivity contribution in [2.45, 2.75) is 38.0 Å². The Labute approximate surface area is 117 Å². The molecule has 0 amide bonds. The lowest BCUT2D eigenvalue weighted by atomic mass is 9.51. The van der Waals surface area contributed by atoms with Crippen molar-refractivity contribution in [2.75, 3.05) is 5.73 Å². The van der Waals surface area contributed by atoms with Gasteiger partial charge in [-0.15, -0.1) is 0 Å². The summed E-state index contributed by atoms with van der Waals surface area (Å²) in [7, 11) is 0. The van der Waals surface area contributed by atoms with Gasteiger partial charge in [0.05, 0.1) is 0 Å². The summed E-state index contributed by atoms with van der Waals surface area (Å²) in [5.74, 6) is 3.40. The highest BCUT2D eigenvalue weighted by Gasteiger charge is 2.49. The predicted molar refractivity (Wildman–Crippen MR) is 73.2 cm³/mol. The summed E-state index contributed by atoms with van der Waals surface area (Å²) in [6.45, 7) is 0. The summed E-state index contributed by atoms with van der Waals surface area (Å²) < 4.78 is 0. The van der Waals surface area contributed by atoms with E-state index in [1.165, 1.54) is 38.3 Å². The fraction of sp³-hybridized carbons (Fsp3) is 0.667. The zero-order valence-corrected chi connectivity index (χ0v) is 11.3. The number of aromatic nitrogens is 2. The number of anilines is 1. The lowest BCUT2D eigenvalue weighted by molar-refractivity contribution is -0.00561. The number of carboxylic acid groups (broad SMARTS) is 1. The molecule has 20 heavy (non-hydrogen) atoms. The number of nitrogens with zero attached hydrogens (tertiary/aromatic N) is 2. The molecule has 0 unspecified atom stereocenters. The maximum Gasteiger partial charge on any atom is 0.341 e. The molecule has 1 heterocycles. The van der Waals surface area contributed by atoms with E-state index in [0.717, 1.165) is 17.7 Å². The van der Waals surface area contributed by atoms with E-state index in [-0.39, 0.29) is 11.4 Å². The minimum atomic E-state index is -1.06. The van der Waals surface area contributed by atoms with Crippen molar-refractivity contribution in [3.8, 4) is 0 Å². The normalized spacial score (nSPS) is 38.1. The van der Waals surface area contributed by atoms with E-state index in [0.29, 0.717) is 17.8 Å². The van der Waals surface area contributed by atoms with Crippen LogP contribution in [0.5, 0.6) is 0 Å². The Hall–Kier alpha value is -1.65. The van der Waals surface area contributed by atoms with Crippen LogP contribution in [0.25, 0.3) is 0 Å². The summed E-state index contributed by atoms with van der Waals surface area (Å²) >= 11 is 0. The number of hydrogen-bond donors (Lipinski definition) is 2. The maximum atomic E-state index is 11.0. The fourth-order valence-electron chi connectivity index (χ4n) is 5.08. The Bertz CT molecular complexity index is 544. The molecule has 5 rings (SSSR count). The molecule has 0 aliphatic heterocycles. The summed E-state index contributed by atoms with van der Waals surface area (Å²) in [5.41, 5.74) is 5.80. The van der Waals surface area contributed by atoms with Gasteiger partial charge in [-0.1, -0.05) is 0 Å². The van der Waals surface area contributed by atoms with Gasteiger partial charge >= 0.3 is 5.97 Å². The molecule has 0 spiro atoms. The van der Waals surface area contributed by atoms with Crippen LogP contribution in [0.1, 0.15) is 54.2 Å². The van der Waals surface area contributed by atoms with Crippen molar-refractivity contribution in [1.82, 2.24) is 9.97 Å². The number of carbonyl (C=O) groups is 1. The van der Waals surface area contributed by atoms with Crippen LogP contribution in [-0.4, -0.2) is 21.0 Å². The zero-order valence-electron chi connectivity index (χ0n) is 11.3. The quantitative estimate of drug-likeness (QED) is 0.863. The van der Waals surface area contributed by atoms with Crippen LogP contribution in [0.4, 0.5) is 5.82 Å². The largest absolute Gasteiger partial charge is 0.477 e. The Kier molecular flexibility index (Phi) is 2.53. The van der Waals surface area contributed by atoms with Gasteiger partial charge in [-0.25, -0.2) is 14.8 Å². The van der Waals surface area contributed by atoms with Crippen molar-refractivity contribution in [2.24, 2.45) is 23.7 Å². The first kappa shape index (κ1) is 12.1. The lowest BCUT2D eigenvalue weighted by Crippen LogP contribution is -2.44. The highest BCUT2D eigenvalue weighted by Crippen LogP contribution is 2.59. The average molecular weight is 273 g/mol. The molecular formula is C15H19N3O2. The lowest BCUT2D eigenvalue weighted by Gasteiger charge is -2.53. The van der Waals surface area contributed by atoms with Crippen LogP contribution < -0.4 is 5.73 Å². The van der Waals surface area contributed by atoms with E-state index < -0.39 is 5.97 Å². The molecule has 4 fully saturated rings. The van der Waals surface area contributed by atoms with E-state index in [1.54, 1.807) is 0 Å². The Morgan fingerprint density at radius 3 is 2.25 bits per heavy atom. The first-order valence-electron chi connectivity index (χ1n) is 7.47. The Balaban J connectivity index is 1.68. The number of hydrogen-bond acceptors (Lipinski definition) is 4. The SMILES string of the molecule is Nc1nc(C2C3CC4CC(C3)CC2C4)ncc1C(=O)O. The molecule has 106 valence electrons. The number of nitrogen functional groups attached to an aromatic ring is 1. The molecular weight excluding hydrogens is 254 g/mol. The molecule has 3 N–H and O–H groups in total. The molecule has 4 saturated carbocycles. The molecule has 1 aromatic rings. The molecule has 0 atom stereocenters. The molecule has 5 nitrogen and oxygen atoms in total. The predicted octanol–water partition coefficient (Wildman–Crippen LogP) is 2.30. The van der Waals surface area contributed by atoms with Crippen LogP contribution in [0.15, 0.2) is 6.20 Å². The average Bonchev–Trinajstić information content (AvgIpc) is 2.37. The van der Waals surface area contributed by atoms with Gasteiger partial charge in [0.2, 0.25) is 0 Å². The molecule has 4 bridgehead atoms. The highest BCUT2D eigenvalue weighted by molar-refractivity contribution is 5.92. The van der Waals surface area contributed by atoms with E-state index in [9.17, 15) is 4.79 Å². The smallest absolute Gasteiger partial charge is 0.341 e. The van der Waals surface area contributed by atoms with E-state index in [2.05, 4.69) is 9.97 Å². The molecule has 1 aromatic heterocycles. The maximum absolute atomic E-state index is 11.0. The van der Waals surface area contributed by atoms with Crippen LogP contribution >= 0.6 is 0 Å². The van der Waals surface area contributed by atoms with Crippen LogP contribution in [0.3, 0.4) is 0 Å².